The molecule has 0 aromatic heterocycles. The summed E-state index contributed by atoms with van der Waals surface area (Å²) in [5, 5.41) is 3.87. The summed E-state index contributed by atoms with van der Waals surface area (Å²) in [7, 11) is 0. The lowest BCUT2D eigenvalue weighted by Crippen LogP contribution is -2.25. The molecule has 30 heavy (non-hydrogen) atoms. The molecule has 0 fully saturated rings. The molecule has 1 atom stereocenters. The number of benzene rings is 2. The highest BCUT2D eigenvalue weighted by molar-refractivity contribution is 6.32. The molecule has 0 unspecified atom stereocenters. The van der Waals surface area contributed by atoms with E-state index in [2.05, 4.69) is 5.10 Å². The van der Waals surface area contributed by atoms with E-state index in [4.69, 9.17) is 4.74 Å². The first kappa shape index (κ1) is 21.5. The van der Waals surface area contributed by atoms with Crippen molar-refractivity contribution in [3.05, 3.63) is 64.5 Å². The van der Waals surface area contributed by atoms with Gasteiger partial charge in [-0.25, -0.2) is 22.0 Å². The molecule has 9 heteroatoms. The van der Waals surface area contributed by atoms with E-state index in [-0.39, 0.29) is 22.4 Å². The largest absolute Gasteiger partial charge is 0.491 e. The van der Waals surface area contributed by atoms with Crippen molar-refractivity contribution in [2.75, 3.05) is 5.01 Å². The summed E-state index contributed by atoms with van der Waals surface area (Å²) in [5.41, 5.74) is -0.849. The van der Waals surface area contributed by atoms with Gasteiger partial charge in [0.15, 0.2) is 23.3 Å². The lowest BCUT2D eigenvalue weighted by molar-refractivity contribution is -0.114. The zero-order chi connectivity index (χ0) is 22.2. The van der Waals surface area contributed by atoms with Gasteiger partial charge in [-0.2, -0.15) is 10.1 Å². The number of rotatable bonds is 5. The topological polar surface area (TPSA) is 41.9 Å². The van der Waals surface area contributed by atoms with Crippen molar-refractivity contribution >= 4 is 23.4 Å². The van der Waals surface area contributed by atoms with Gasteiger partial charge in [-0.15, -0.1) is 0 Å². The van der Waals surface area contributed by atoms with Crippen molar-refractivity contribution in [3.63, 3.8) is 0 Å². The van der Waals surface area contributed by atoms with E-state index < -0.39 is 40.7 Å². The summed E-state index contributed by atoms with van der Waals surface area (Å²) in [6.07, 6.45) is 2.25. The summed E-state index contributed by atoms with van der Waals surface area (Å²) in [6.45, 7) is 5.28. The molecule has 2 aromatic carbocycles. The zero-order valence-electron chi connectivity index (χ0n) is 16.3. The first-order valence-corrected chi connectivity index (χ1v) is 9.05. The second kappa shape index (κ2) is 8.25. The summed E-state index contributed by atoms with van der Waals surface area (Å²) < 4.78 is 74.1. The highest BCUT2D eigenvalue weighted by atomic mass is 19.2. The molecule has 1 aliphatic heterocycles. The van der Waals surface area contributed by atoms with Gasteiger partial charge in [0.05, 0.1) is 17.4 Å². The van der Waals surface area contributed by atoms with Crippen LogP contribution in [0, 0.1) is 29.1 Å². The maximum absolute atomic E-state index is 14.1. The lowest BCUT2D eigenvalue weighted by atomic mass is 10.1. The van der Waals surface area contributed by atoms with Gasteiger partial charge in [0, 0.05) is 0 Å². The minimum atomic E-state index is -2.31. The molecular formula is C21H17F5N2O2. The highest BCUT2D eigenvalue weighted by Gasteiger charge is 2.36. The third-order valence-electron chi connectivity index (χ3n) is 4.56. The predicted molar refractivity (Wildman–Crippen MR) is 102 cm³/mol. The number of amides is 1. The number of ether oxygens (including phenoxy) is 1. The monoisotopic (exact) mass is 424 g/mol. The number of carbonyl (C=O) groups excluding carboxylic acids is 1. The first-order valence-electron chi connectivity index (χ1n) is 9.05. The number of carbonyl (C=O) groups is 1. The SMILES string of the molecule is CC[C@H](C)Oc1ccc(/C=C2/C(=O)N(c3c(F)c(F)c(F)c(F)c3F)N=C2C)cc1. The molecule has 4 nitrogen and oxygen atoms in total. The normalized spacial score (nSPS) is 16.3. The van der Waals surface area contributed by atoms with Gasteiger partial charge < -0.3 is 4.74 Å². The maximum Gasteiger partial charge on any atom is 0.280 e. The van der Waals surface area contributed by atoms with E-state index in [9.17, 15) is 26.7 Å². The maximum atomic E-state index is 14.1. The Kier molecular flexibility index (Phi) is 5.91. The number of anilines is 1. The summed E-state index contributed by atoms with van der Waals surface area (Å²) in [5.74, 6) is -11.3. The first-order chi connectivity index (χ1) is 14.1. The van der Waals surface area contributed by atoms with Crippen LogP contribution in [0.4, 0.5) is 27.6 Å². The summed E-state index contributed by atoms with van der Waals surface area (Å²) in [4.78, 5) is 12.6. The quantitative estimate of drug-likeness (QED) is 0.281. The number of hydrazone groups is 1. The average molecular weight is 424 g/mol. The molecule has 0 N–H and O–H groups in total. The minimum absolute atomic E-state index is 0.0230. The molecule has 2 aromatic rings. The van der Waals surface area contributed by atoms with Crippen LogP contribution < -0.4 is 9.75 Å². The fourth-order valence-electron chi connectivity index (χ4n) is 2.74. The second-order valence-electron chi connectivity index (χ2n) is 6.68. The molecule has 3 rings (SSSR count). The van der Waals surface area contributed by atoms with Gasteiger partial charge in [0.25, 0.3) is 5.91 Å². The Morgan fingerprint density at radius 1 is 1.00 bits per heavy atom. The third kappa shape index (κ3) is 3.79. The molecular weight excluding hydrogens is 407 g/mol. The Labute approximate surface area is 169 Å². The average Bonchev–Trinajstić information content (AvgIpc) is 3.00. The van der Waals surface area contributed by atoms with Gasteiger partial charge in [-0.05, 0) is 44.0 Å². The van der Waals surface area contributed by atoms with E-state index in [1.54, 1.807) is 24.3 Å². The van der Waals surface area contributed by atoms with Gasteiger partial charge >= 0.3 is 0 Å². The van der Waals surface area contributed by atoms with Crippen LogP contribution in [0.5, 0.6) is 5.75 Å². The van der Waals surface area contributed by atoms with Crippen molar-refractivity contribution in [3.8, 4) is 5.75 Å². The van der Waals surface area contributed by atoms with Gasteiger partial charge in [0.1, 0.15) is 11.4 Å². The van der Waals surface area contributed by atoms with E-state index >= 15 is 0 Å². The predicted octanol–water partition coefficient (Wildman–Crippen LogP) is 5.37. The van der Waals surface area contributed by atoms with Crippen molar-refractivity contribution in [2.24, 2.45) is 5.10 Å². The van der Waals surface area contributed by atoms with Gasteiger partial charge in [-0.3, -0.25) is 4.79 Å². The molecule has 0 saturated carbocycles. The van der Waals surface area contributed by atoms with Crippen molar-refractivity contribution in [2.45, 2.75) is 33.3 Å². The van der Waals surface area contributed by atoms with Crippen LogP contribution in [0.25, 0.3) is 6.08 Å². The van der Waals surface area contributed by atoms with E-state index in [1.165, 1.54) is 13.0 Å². The van der Waals surface area contributed by atoms with Crippen LogP contribution in [0.2, 0.25) is 0 Å². The standard InChI is InChI=1S/C21H17F5N2O2/c1-4-10(2)30-13-7-5-12(6-8-13)9-14-11(3)27-28(21(14)29)20-18(25)16(23)15(22)17(24)19(20)26/h5-10H,4H2,1-3H3/b14-9+/t10-/m0/s1. The zero-order valence-corrected chi connectivity index (χ0v) is 16.3. The Bertz CT molecular complexity index is 1040. The molecule has 1 amide bonds. The molecule has 1 aliphatic rings. The van der Waals surface area contributed by atoms with Crippen molar-refractivity contribution < 1.29 is 31.5 Å². The smallest absolute Gasteiger partial charge is 0.280 e. The highest BCUT2D eigenvalue weighted by Crippen LogP contribution is 2.34. The fourth-order valence-corrected chi connectivity index (χ4v) is 2.74. The number of hydrogen-bond acceptors (Lipinski definition) is 3. The van der Waals surface area contributed by atoms with Gasteiger partial charge in [0.2, 0.25) is 5.82 Å². The Morgan fingerprint density at radius 3 is 2.07 bits per heavy atom. The Balaban J connectivity index is 1.94. The number of nitrogens with zero attached hydrogens (tertiary/aromatic N) is 2. The van der Waals surface area contributed by atoms with E-state index in [0.717, 1.165) is 6.42 Å². The minimum Gasteiger partial charge on any atom is -0.491 e. The molecule has 0 aliphatic carbocycles. The van der Waals surface area contributed by atoms with Crippen molar-refractivity contribution in [1.29, 1.82) is 0 Å². The van der Waals surface area contributed by atoms with Crippen LogP contribution in [0.15, 0.2) is 34.9 Å². The molecule has 0 spiro atoms. The van der Waals surface area contributed by atoms with Crippen molar-refractivity contribution in [1.82, 2.24) is 0 Å². The number of halogens is 5. The van der Waals surface area contributed by atoms with E-state index in [1.807, 2.05) is 13.8 Å². The third-order valence-corrected chi connectivity index (χ3v) is 4.56. The molecule has 158 valence electrons. The summed E-state index contributed by atoms with van der Waals surface area (Å²) >= 11 is 0. The van der Waals surface area contributed by atoms with Gasteiger partial charge in [-0.1, -0.05) is 19.1 Å². The Hall–Kier alpha value is -3.23. The molecule has 0 bridgehead atoms. The van der Waals surface area contributed by atoms with Crippen LogP contribution in [-0.2, 0) is 4.79 Å². The van der Waals surface area contributed by atoms with Crippen LogP contribution in [-0.4, -0.2) is 17.7 Å². The Morgan fingerprint density at radius 2 is 1.53 bits per heavy atom. The van der Waals surface area contributed by atoms with Crippen LogP contribution in [0.3, 0.4) is 0 Å². The molecule has 1 heterocycles. The van der Waals surface area contributed by atoms with Crippen LogP contribution in [0.1, 0.15) is 32.8 Å². The second-order valence-corrected chi connectivity index (χ2v) is 6.68. The van der Waals surface area contributed by atoms with E-state index in [0.29, 0.717) is 11.3 Å². The number of hydrogen-bond donors (Lipinski definition) is 0. The molecule has 0 saturated heterocycles. The molecule has 0 radical (unpaired) electrons. The summed E-state index contributed by atoms with van der Waals surface area (Å²) in [6, 6.07) is 6.69. The van der Waals surface area contributed by atoms with Crippen LogP contribution >= 0.6 is 0 Å². The fraction of sp³-hybridized carbons (Fsp3) is 0.238. The lowest BCUT2D eigenvalue weighted by Gasteiger charge is -2.15.